The van der Waals surface area contributed by atoms with Crippen molar-refractivity contribution in [3.63, 3.8) is 0 Å². The van der Waals surface area contributed by atoms with Crippen LogP contribution in [0.25, 0.3) is 0 Å². The number of carbonyl (C=O) groups is 1. The summed E-state index contributed by atoms with van der Waals surface area (Å²) in [5.74, 6) is 0.405. The summed E-state index contributed by atoms with van der Waals surface area (Å²) >= 11 is 0. The van der Waals surface area contributed by atoms with Gasteiger partial charge in [0, 0.05) is 17.6 Å². The number of anilines is 1. The van der Waals surface area contributed by atoms with Crippen LogP contribution in [0.1, 0.15) is 39.3 Å². The van der Waals surface area contributed by atoms with Crippen molar-refractivity contribution >= 4 is 11.6 Å². The summed E-state index contributed by atoms with van der Waals surface area (Å²) in [6.45, 7) is 7.96. The van der Waals surface area contributed by atoms with Gasteiger partial charge in [-0.05, 0) is 30.5 Å². The fraction of sp³-hybridized carbons (Fsp3) is 0.500. The number of benzene rings is 1. The Bertz CT molecular complexity index is 386. The van der Waals surface area contributed by atoms with Gasteiger partial charge in [0.25, 0.3) is 0 Å². The molecule has 1 amide bonds. The normalized spacial score (nSPS) is 14.5. The van der Waals surface area contributed by atoms with E-state index in [0.717, 1.165) is 11.3 Å². The summed E-state index contributed by atoms with van der Waals surface area (Å²) in [5.41, 5.74) is 7.65. The monoisotopic (exact) mass is 234 g/mol. The number of carbonyl (C=O) groups excluding carboxylic acids is 1. The molecule has 0 saturated carbocycles. The van der Waals surface area contributed by atoms with Gasteiger partial charge < -0.3 is 11.1 Å². The number of rotatable bonds is 4. The van der Waals surface area contributed by atoms with E-state index in [1.165, 1.54) is 0 Å². The van der Waals surface area contributed by atoms with Crippen molar-refractivity contribution in [1.29, 1.82) is 0 Å². The number of amides is 1. The van der Waals surface area contributed by atoms with Crippen molar-refractivity contribution in [2.45, 2.75) is 33.7 Å². The van der Waals surface area contributed by atoms with Crippen molar-refractivity contribution in [1.82, 2.24) is 0 Å². The minimum atomic E-state index is -0.0191. The van der Waals surface area contributed by atoms with E-state index in [0.29, 0.717) is 5.92 Å². The van der Waals surface area contributed by atoms with Crippen LogP contribution in [0.2, 0.25) is 0 Å². The highest BCUT2D eigenvalue weighted by molar-refractivity contribution is 5.92. The molecule has 3 nitrogen and oxygen atoms in total. The first-order valence-corrected chi connectivity index (χ1v) is 6.08. The molecule has 1 aromatic carbocycles. The molecule has 0 aliphatic rings. The first-order valence-electron chi connectivity index (χ1n) is 6.08. The summed E-state index contributed by atoms with van der Waals surface area (Å²) in [5, 5.41) is 2.92. The molecule has 0 aromatic heterocycles. The van der Waals surface area contributed by atoms with Crippen LogP contribution in [-0.4, -0.2) is 5.91 Å². The SMILES string of the molecule is CC(N)c1cccc(NC(=O)C(C)C(C)C)c1. The molecular weight excluding hydrogens is 212 g/mol. The third-order valence-corrected chi connectivity index (χ3v) is 3.09. The molecule has 2 atom stereocenters. The Kier molecular flexibility index (Phi) is 4.70. The molecule has 3 N–H and O–H groups in total. The fourth-order valence-corrected chi connectivity index (χ4v) is 1.46. The molecule has 0 heterocycles. The van der Waals surface area contributed by atoms with E-state index in [9.17, 15) is 4.79 Å². The Hall–Kier alpha value is -1.35. The Morgan fingerprint density at radius 2 is 1.88 bits per heavy atom. The second kappa shape index (κ2) is 5.82. The molecular formula is C14H22N2O. The lowest BCUT2D eigenvalue weighted by Crippen LogP contribution is -2.24. The van der Waals surface area contributed by atoms with Crippen molar-refractivity contribution < 1.29 is 4.79 Å². The van der Waals surface area contributed by atoms with Gasteiger partial charge in [-0.2, -0.15) is 0 Å². The third kappa shape index (κ3) is 3.86. The molecule has 0 radical (unpaired) electrons. The molecule has 0 saturated heterocycles. The summed E-state index contributed by atoms with van der Waals surface area (Å²) in [6, 6.07) is 7.67. The first kappa shape index (κ1) is 13.7. The van der Waals surface area contributed by atoms with Crippen molar-refractivity contribution in [2.75, 3.05) is 5.32 Å². The summed E-state index contributed by atoms with van der Waals surface area (Å²) in [7, 11) is 0. The highest BCUT2D eigenvalue weighted by Gasteiger charge is 2.16. The predicted molar refractivity (Wildman–Crippen MR) is 71.7 cm³/mol. The van der Waals surface area contributed by atoms with Gasteiger partial charge in [0.2, 0.25) is 5.91 Å². The molecule has 2 unspecified atom stereocenters. The van der Waals surface area contributed by atoms with Crippen LogP contribution < -0.4 is 11.1 Å². The number of hydrogen-bond acceptors (Lipinski definition) is 2. The zero-order valence-electron chi connectivity index (χ0n) is 11.0. The third-order valence-electron chi connectivity index (χ3n) is 3.09. The first-order chi connectivity index (χ1) is 7.91. The van der Waals surface area contributed by atoms with E-state index < -0.39 is 0 Å². The molecule has 1 rings (SSSR count). The quantitative estimate of drug-likeness (QED) is 0.841. The second-order valence-electron chi connectivity index (χ2n) is 4.94. The molecule has 0 bridgehead atoms. The van der Waals surface area contributed by atoms with Crippen LogP contribution in [-0.2, 0) is 4.79 Å². The molecule has 1 aromatic rings. The second-order valence-corrected chi connectivity index (χ2v) is 4.94. The molecule has 94 valence electrons. The van der Waals surface area contributed by atoms with Gasteiger partial charge in [-0.1, -0.05) is 32.9 Å². The largest absolute Gasteiger partial charge is 0.326 e. The zero-order valence-corrected chi connectivity index (χ0v) is 11.0. The van der Waals surface area contributed by atoms with Gasteiger partial charge in [0.15, 0.2) is 0 Å². The minimum absolute atomic E-state index is 0.00829. The molecule has 0 aliphatic carbocycles. The van der Waals surface area contributed by atoms with E-state index in [1.54, 1.807) is 0 Å². The lowest BCUT2D eigenvalue weighted by atomic mass is 9.97. The van der Waals surface area contributed by atoms with Crippen LogP contribution in [0, 0.1) is 11.8 Å². The maximum atomic E-state index is 11.9. The zero-order chi connectivity index (χ0) is 13.0. The molecule has 0 fully saturated rings. The summed E-state index contributed by atoms with van der Waals surface area (Å²) < 4.78 is 0. The van der Waals surface area contributed by atoms with Gasteiger partial charge in [-0.15, -0.1) is 0 Å². The van der Waals surface area contributed by atoms with E-state index >= 15 is 0 Å². The Morgan fingerprint density at radius 3 is 2.41 bits per heavy atom. The standard InChI is InChI=1S/C14H22N2O/c1-9(2)10(3)14(17)16-13-7-5-6-12(8-13)11(4)15/h5-11H,15H2,1-4H3,(H,16,17). The van der Waals surface area contributed by atoms with Crippen molar-refractivity contribution in [2.24, 2.45) is 17.6 Å². The van der Waals surface area contributed by atoms with Gasteiger partial charge in [-0.25, -0.2) is 0 Å². The van der Waals surface area contributed by atoms with Crippen LogP contribution in [0.4, 0.5) is 5.69 Å². The lowest BCUT2D eigenvalue weighted by molar-refractivity contribution is -0.120. The number of hydrogen-bond donors (Lipinski definition) is 2. The molecule has 0 spiro atoms. The smallest absolute Gasteiger partial charge is 0.227 e. The molecule has 3 heteroatoms. The minimum Gasteiger partial charge on any atom is -0.326 e. The van der Waals surface area contributed by atoms with E-state index in [4.69, 9.17) is 5.73 Å². The van der Waals surface area contributed by atoms with Crippen LogP contribution in [0.5, 0.6) is 0 Å². The van der Waals surface area contributed by atoms with E-state index in [-0.39, 0.29) is 17.9 Å². The topological polar surface area (TPSA) is 55.1 Å². The van der Waals surface area contributed by atoms with Crippen LogP contribution in [0.15, 0.2) is 24.3 Å². The van der Waals surface area contributed by atoms with E-state index in [2.05, 4.69) is 5.32 Å². The molecule has 0 aliphatic heterocycles. The summed E-state index contributed by atoms with van der Waals surface area (Å²) in [6.07, 6.45) is 0. The van der Waals surface area contributed by atoms with Gasteiger partial charge >= 0.3 is 0 Å². The Labute approximate surface area is 103 Å². The number of nitrogens with two attached hydrogens (primary N) is 1. The maximum absolute atomic E-state index is 11.9. The highest BCUT2D eigenvalue weighted by atomic mass is 16.1. The maximum Gasteiger partial charge on any atom is 0.227 e. The van der Waals surface area contributed by atoms with Crippen LogP contribution in [0.3, 0.4) is 0 Å². The Morgan fingerprint density at radius 1 is 1.24 bits per heavy atom. The fourth-order valence-electron chi connectivity index (χ4n) is 1.46. The number of nitrogens with one attached hydrogen (secondary N) is 1. The average molecular weight is 234 g/mol. The average Bonchev–Trinajstić information content (AvgIpc) is 2.28. The molecule has 17 heavy (non-hydrogen) atoms. The van der Waals surface area contributed by atoms with Crippen molar-refractivity contribution in [3.8, 4) is 0 Å². The predicted octanol–water partition coefficient (Wildman–Crippen LogP) is 2.94. The van der Waals surface area contributed by atoms with Gasteiger partial charge in [0.1, 0.15) is 0 Å². The van der Waals surface area contributed by atoms with Gasteiger partial charge in [-0.3, -0.25) is 4.79 Å². The lowest BCUT2D eigenvalue weighted by Gasteiger charge is -2.16. The van der Waals surface area contributed by atoms with Crippen molar-refractivity contribution in [3.05, 3.63) is 29.8 Å². The summed E-state index contributed by atoms with van der Waals surface area (Å²) in [4.78, 5) is 11.9. The Balaban J connectivity index is 2.75. The van der Waals surface area contributed by atoms with Crippen LogP contribution >= 0.6 is 0 Å². The van der Waals surface area contributed by atoms with Gasteiger partial charge in [0.05, 0.1) is 0 Å². The highest BCUT2D eigenvalue weighted by Crippen LogP contribution is 2.18. The van der Waals surface area contributed by atoms with E-state index in [1.807, 2.05) is 52.0 Å².